The SMILES string of the molecule is Cc1ccc2c(c1)C1(CCCCCCCCCCCCCCCCCC1)c1cc(C)c3ccccc3c1-2. The monoisotopic (exact) mass is 494 g/mol. The summed E-state index contributed by atoms with van der Waals surface area (Å²) in [5.74, 6) is 0. The molecule has 3 aromatic rings. The highest BCUT2D eigenvalue weighted by Crippen LogP contribution is 2.56. The van der Waals surface area contributed by atoms with Crippen molar-refractivity contribution in [3.8, 4) is 11.1 Å². The highest BCUT2D eigenvalue weighted by molar-refractivity contribution is 6.04. The molecule has 2 aliphatic rings. The molecule has 0 nitrogen and oxygen atoms in total. The van der Waals surface area contributed by atoms with Gasteiger partial charge >= 0.3 is 0 Å². The first kappa shape index (κ1) is 26.5. The number of hydrogen-bond acceptors (Lipinski definition) is 0. The van der Waals surface area contributed by atoms with E-state index in [4.69, 9.17) is 0 Å². The summed E-state index contributed by atoms with van der Waals surface area (Å²) < 4.78 is 0. The molecule has 0 heteroatoms. The second kappa shape index (κ2) is 12.6. The summed E-state index contributed by atoms with van der Waals surface area (Å²) in [4.78, 5) is 0. The molecule has 1 saturated carbocycles. The third kappa shape index (κ3) is 5.84. The molecule has 1 spiro atoms. The largest absolute Gasteiger partial charge is 0.0616 e. The molecule has 0 aliphatic heterocycles. The van der Waals surface area contributed by atoms with Gasteiger partial charge in [0.15, 0.2) is 0 Å². The third-order valence-electron chi connectivity index (χ3n) is 9.68. The molecule has 0 bridgehead atoms. The van der Waals surface area contributed by atoms with Gasteiger partial charge in [-0.15, -0.1) is 0 Å². The summed E-state index contributed by atoms with van der Waals surface area (Å²) in [6.07, 6.45) is 25.5. The maximum absolute atomic E-state index is 2.60. The van der Waals surface area contributed by atoms with E-state index in [2.05, 4.69) is 62.4 Å². The summed E-state index contributed by atoms with van der Waals surface area (Å²) >= 11 is 0. The van der Waals surface area contributed by atoms with Crippen LogP contribution in [0.3, 0.4) is 0 Å². The summed E-state index contributed by atoms with van der Waals surface area (Å²) in [7, 11) is 0. The first-order valence-corrected chi connectivity index (χ1v) is 15.8. The first-order chi connectivity index (χ1) is 18.2. The van der Waals surface area contributed by atoms with E-state index in [1.165, 1.54) is 143 Å². The fraction of sp³-hybridized carbons (Fsp3) is 0.568. The second-order valence-corrected chi connectivity index (χ2v) is 12.4. The van der Waals surface area contributed by atoms with Crippen LogP contribution in [0.2, 0.25) is 0 Å². The zero-order valence-electron chi connectivity index (χ0n) is 23.8. The van der Waals surface area contributed by atoms with Gasteiger partial charge in [-0.3, -0.25) is 0 Å². The lowest BCUT2D eigenvalue weighted by Crippen LogP contribution is -2.26. The Labute approximate surface area is 227 Å². The predicted molar refractivity (Wildman–Crippen MR) is 163 cm³/mol. The topological polar surface area (TPSA) is 0 Å². The van der Waals surface area contributed by atoms with Crippen LogP contribution in [0.5, 0.6) is 0 Å². The highest BCUT2D eigenvalue weighted by Gasteiger charge is 2.43. The summed E-state index contributed by atoms with van der Waals surface area (Å²) in [6, 6.07) is 19.1. The van der Waals surface area contributed by atoms with E-state index < -0.39 is 0 Å². The molecule has 198 valence electrons. The van der Waals surface area contributed by atoms with Crippen molar-refractivity contribution in [3.63, 3.8) is 0 Å². The molecular weight excluding hydrogens is 444 g/mol. The number of hydrogen-bond donors (Lipinski definition) is 0. The molecule has 0 unspecified atom stereocenters. The predicted octanol–water partition coefficient (Wildman–Crippen LogP) is 11.8. The minimum atomic E-state index is 0.189. The van der Waals surface area contributed by atoms with Gasteiger partial charge in [0.25, 0.3) is 0 Å². The van der Waals surface area contributed by atoms with Gasteiger partial charge in [0.1, 0.15) is 0 Å². The lowest BCUT2D eigenvalue weighted by Gasteiger charge is -2.33. The lowest BCUT2D eigenvalue weighted by molar-refractivity contribution is 0.397. The molecule has 0 radical (unpaired) electrons. The minimum absolute atomic E-state index is 0.189. The van der Waals surface area contributed by atoms with Crippen molar-refractivity contribution in [2.75, 3.05) is 0 Å². The van der Waals surface area contributed by atoms with Gasteiger partial charge in [-0.05, 0) is 65.3 Å². The average molecular weight is 495 g/mol. The van der Waals surface area contributed by atoms with Crippen LogP contribution in [0, 0.1) is 13.8 Å². The van der Waals surface area contributed by atoms with Crippen molar-refractivity contribution >= 4 is 10.8 Å². The van der Waals surface area contributed by atoms with Gasteiger partial charge in [-0.2, -0.15) is 0 Å². The molecule has 5 rings (SSSR count). The average Bonchev–Trinajstić information content (AvgIpc) is 3.16. The van der Waals surface area contributed by atoms with E-state index in [1.54, 1.807) is 16.7 Å². The van der Waals surface area contributed by atoms with E-state index in [-0.39, 0.29) is 5.41 Å². The van der Waals surface area contributed by atoms with Crippen LogP contribution in [0.15, 0.2) is 48.5 Å². The molecule has 37 heavy (non-hydrogen) atoms. The zero-order valence-corrected chi connectivity index (χ0v) is 23.8. The Morgan fingerprint density at radius 2 is 0.973 bits per heavy atom. The first-order valence-electron chi connectivity index (χ1n) is 15.8. The van der Waals surface area contributed by atoms with Gasteiger partial charge in [0.05, 0.1) is 0 Å². The second-order valence-electron chi connectivity index (χ2n) is 12.4. The van der Waals surface area contributed by atoms with Crippen LogP contribution in [0.1, 0.15) is 138 Å². The number of rotatable bonds is 0. The van der Waals surface area contributed by atoms with E-state index in [1.807, 2.05) is 0 Å². The smallest absolute Gasteiger partial charge is 0.0215 e. The lowest BCUT2D eigenvalue weighted by atomic mass is 9.70. The van der Waals surface area contributed by atoms with Crippen molar-refractivity contribution in [1.29, 1.82) is 0 Å². The molecular formula is C37H50. The Bertz CT molecular complexity index is 1150. The van der Waals surface area contributed by atoms with Gasteiger partial charge in [0, 0.05) is 5.41 Å². The van der Waals surface area contributed by atoms with Gasteiger partial charge in [-0.1, -0.05) is 157 Å². The van der Waals surface area contributed by atoms with E-state index in [9.17, 15) is 0 Å². The maximum atomic E-state index is 2.60. The summed E-state index contributed by atoms with van der Waals surface area (Å²) in [6.45, 7) is 4.64. The molecule has 0 heterocycles. The van der Waals surface area contributed by atoms with E-state index in [0.29, 0.717) is 0 Å². The Balaban J connectivity index is 1.48. The van der Waals surface area contributed by atoms with E-state index in [0.717, 1.165) is 0 Å². The van der Waals surface area contributed by atoms with Crippen molar-refractivity contribution < 1.29 is 0 Å². The molecule has 0 aromatic heterocycles. The third-order valence-corrected chi connectivity index (χ3v) is 9.68. The Kier molecular flexibility index (Phi) is 9.06. The fourth-order valence-electron chi connectivity index (χ4n) is 7.63. The Morgan fingerprint density at radius 1 is 0.486 bits per heavy atom. The number of fused-ring (bicyclic) bond motifs is 7. The quantitative estimate of drug-likeness (QED) is 0.291. The van der Waals surface area contributed by atoms with Crippen LogP contribution in [-0.4, -0.2) is 0 Å². The van der Waals surface area contributed by atoms with Gasteiger partial charge in [0.2, 0.25) is 0 Å². The summed E-state index contributed by atoms with van der Waals surface area (Å²) in [5.41, 5.74) is 9.43. The highest BCUT2D eigenvalue weighted by atomic mass is 14.5. The molecule has 0 N–H and O–H groups in total. The number of benzene rings is 3. The van der Waals surface area contributed by atoms with Crippen LogP contribution >= 0.6 is 0 Å². The van der Waals surface area contributed by atoms with Crippen LogP contribution in [0.25, 0.3) is 21.9 Å². The van der Waals surface area contributed by atoms with Crippen molar-refractivity contribution in [2.24, 2.45) is 0 Å². The van der Waals surface area contributed by atoms with Crippen LogP contribution in [-0.2, 0) is 5.41 Å². The van der Waals surface area contributed by atoms with Gasteiger partial charge < -0.3 is 0 Å². The summed E-state index contributed by atoms with van der Waals surface area (Å²) in [5, 5.41) is 2.90. The zero-order chi connectivity index (χ0) is 25.5. The van der Waals surface area contributed by atoms with Crippen molar-refractivity contribution in [2.45, 2.75) is 135 Å². The minimum Gasteiger partial charge on any atom is -0.0616 e. The van der Waals surface area contributed by atoms with Crippen molar-refractivity contribution in [3.05, 3.63) is 70.8 Å². The molecule has 1 fully saturated rings. The number of aryl methyl sites for hydroxylation is 2. The molecule has 0 amide bonds. The standard InChI is InChI=1S/C37H50/c1-29-23-24-33-34(27-29)37(35-28-30(2)31-21-17-18-22-32(31)36(33)35)25-19-15-13-11-9-7-5-3-4-6-8-10-12-14-16-20-26-37/h17-18,21-24,27-28H,3-16,19-20,25-26H2,1-2H3. The van der Waals surface area contributed by atoms with Crippen molar-refractivity contribution in [1.82, 2.24) is 0 Å². The maximum Gasteiger partial charge on any atom is 0.0215 e. The Morgan fingerprint density at radius 3 is 1.51 bits per heavy atom. The molecule has 0 saturated heterocycles. The Hall–Kier alpha value is -2.08. The normalized spacial score (nSPS) is 20.1. The van der Waals surface area contributed by atoms with Crippen LogP contribution < -0.4 is 0 Å². The molecule has 0 atom stereocenters. The van der Waals surface area contributed by atoms with E-state index >= 15 is 0 Å². The van der Waals surface area contributed by atoms with Crippen LogP contribution in [0.4, 0.5) is 0 Å². The van der Waals surface area contributed by atoms with Gasteiger partial charge in [-0.25, -0.2) is 0 Å². The molecule has 3 aromatic carbocycles. The molecule has 2 aliphatic carbocycles. The fourth-order valence-corrected chi connectivity index (χ4v) is 7.63.